The van der Waals surface area contributed by atoms with E-state index < -0.39 is 5.41 Å². The van der Waals surface area contributed by atoms with E-state index in [4.69, 9.17) is 4.74 Å². The number of amides is 1. The van der Waals surface area contributed by atoms with E-state index >= 15 is 0 Å². The third kappa shape index (κ3) is 2.95. The highest BCUT2D eigenvalue weighted by Gasteiger charge is 2.62. The molecule has 166 valence electrons. The van der Waals surface area contributed by atoms with Crippen molar-refractivity contribution >= 4 is 11.7 Å². The fraction of sp³-hybridized carbons (Fsp3) is 0.750. The van der Waals surface area contributed by atoms with Crippen LogP contribution in [-0.2, 0) is 14.3 Å². The summed E-state index contributed by atoms with van der Waals surface area (Å²) in [6, 6.07) is 0. The molecule has 6 aliphatic rings. The molecule has 0 aromatic heterocycles. The number of carbonyl (C=O) groups excluding carboxylic acids is 2. The zero-order chi connectivity index (χ0) is 21.4. The summed E-state index contributed by atoms with van der Waals surface area (Å²) in [5.41, 5.74) is 2.18. The van der Waals surface area contributed by atoms with Crippen molar-refractivity contribution in [2.45, 2.75) is 70.8 Å². The fourth-order valence-corrected chi connectivity index (χ4v) is 6.97. The van der Waals surface area contributed by atoms with Crippen molar-refractivity contribution in [1.29, 1.82) is 0 Å². The van der Waals surface area contributed by atoms with E-state index in [0.717, 1.165) is 35.5 Å². The molecule has 1 saturated carbocycles. The molecule has 2 aliphatic carbocycles. The van der Waals surface area contributed by atoms with E-state index in [-0.39, 0.29) is 22.7 Å². The van der Waals surface area contributed by atoms with E-state index in [1.165, 1.54) is 25.7 Å². The average molecular weight is 425 g/mol. The average Bonchev–Trinajstić information content (AvgIpc) is 3.39. The molecule has 0 radical (unpaired) electrons. The van der Waals surface area contributed by atoms with Crippen LogP contribution >= 0.6 is 0 Å². The molecule has 2 saturated heterocycles. The van der Waals surface area contributed by atoms with Crippen LogP contribution in [0.1, 0.15) is 65.2 Å². The van der Waals surface area contributed by atoms with Crippen LogP contribution in [0.15, 0.2) is 32.9 Å². The smallest absolute Gasteiger partial charge is 0.223 e. The van der Waals surface area contributed by atoms with Gasteiger partial charge in [-0.1, -0.05) is 26.7 Å². The number of carbonyl (C=O) groups is 2. The van der Waals surface area contributed by atoms with Crippen molar-refractivity contribution in [2.75, 3.05) is 26.2 Å². The maximum absolute atomic E-state index is 13.4. The Bertz CT molecular complexity index is 950. The van der Waals surface area contributed by atoms with Crippen molar-refractivity contribution in [1.82, 2.24) is 10.2 Å². The Labute approximate surface area is 183 Å². The highest BCUT2D eigenvalue weighted by atomic mass is 16.5. The summed E-state index contributed by atoms with van der Waals surface area (Å²) in [5.74, 6) is 1.88. The van der Waals surface area contributed by atoms with Crippen LogP contribution in [0.5, 0.6) is 0 Å². The summed E-state index contributed by atoms with van der Waals surface area (Å²) in [7, 11) is 0. The van der Waals surface area contributed by atoms with E-state index in [0.29, 0.717) is 45.0 Å². The monoisotopic (exact) mass is 424 g/mol. The van der Waals surface area contributed by atoms with Crippen LogP contribution in [-0.4, -0.2) is 48.4 Å². The number of nitrogens with zero attached hydrogens (tertiary/aromatic N) is 3. The van der Waals surface area contributed by atoms with Crippen molar-refractivity contribution in [3.05, 3.63) is 22.7 Å². The van der Waals surface area contributed by atoms with Gasteiger partial charge in [0.05, 0.1) is 31.7 Å². The highest BCUT2D eigenvalue weighted by molar-refractivity contribution is 6.00. The van der Waals surface area contributed by atoms with Crippen LogP contribution in [0.25, 0.3) is 0 Å². The quantitative estimate of drug-likeness (QED) is 0.736. The van der Waals surface area contributed by atoms with Gasteiger partial charge < -0.3 is 15.0 Å². The Morgan fingerprint density at radius 2 is 2.00 bits per heavy atom. The third-order valence-electron chi connectivity index (χ3n) is 8.38. The second-order valence-corrected chi connectivity index (χ2v) is 11.5. The number of Topliss-reactive ketones (excluding diaryl/α,β-unsaturated/α-hetero) is 1. The van der Waals surface area contributed by atoms with Gasteiger partial charge in [-0.25, -0.2) is 0 Å². The third-order valence-corrected chi connectivity index (χ3v) is 8.38. The van der Waals surface area contributed by atoms with Crippen molar-refractivity contribution in [3.63, 3.8) is 0 Å². The first-order chi connectivity index (χ1) is 14.8. The van der Waals surface area contributed by atoms with Crippen LogP contribution in [0.3, 0.4) is 0 Å². The van der Waals surface area contributed by atoms with Crippen LogP contribution < -0.4 is 5.32 Å². The first-order valence-corrected chi connectivity index (χ1v) is 11.9. The maximum Gasteiger partial charge on any atom is 0.223 e. The Hall–Kier alpha value is -2.02. The van der Waals surface area contributed by atoms with Crippen LogP contribution in [0.4, 0.5) is 0 Å². The van der Waals surface area contributed by atoms with Gasteiger partial charge >= 0.3 is 0 Å². The minimum absolute atomic E-state index is 0.0605. The second kappa shape index (κ2) is 6.50. The number of dihydropyridines is 1. The molecule has 1 amide bonds. The van der Waals surface area contributed by atoms with Crippen molar-refractivity contribution in [3.8, 4) is 0 Å². The standard InChI is InChI=1S/C24H32N4O3/c1-22(2)8-17-20(18(29)9-22)24(16-10-25-27-21(16)26-17)11-23(31-14-24)12-28(13-23)19(30)7-15-5-3-4-6-15/h15,26H,3-14H2,1-2H3. The lowest BCUT2D eigenvalue weighted by Gasteiger charge is -2.49. The van der Waals surface area contributed by atoms with Gasteiger partial charge in [0.2, 0.25) is 5.91 Å². The first-order valence-electron chi connectivity index (χ1n) is 11.9. The molecule has 0 aromatic rings. The molecule has 7 heteroatoms. The molecule has 6 rings (SSSR count). The van der Waals surface area contributed by atoms with Gasteiger partial charge in [-0.2, -0.15) is 5.11 Å². The van der Waals surface area contributed by atoms with Gasteiger partial charge in [-0.3, -0.25) is 9.59 Å². The molecular formula is C24H32N4O3. The molecule has 0 aromatic carbocycles. The zero-order valence-corrected chi connectivity index (χ0v) is 18.6. The van der Waals surface area contributed by atoms with E-state index in [2.05, 4.69) is 29.4 Å². The number of likely N-dealkylation sites (tertiary alicyclic amines) is 1. The van der Waals surface area contributed by atoms with E-state index in [1.807, 2.05) is 4.90 Å². The van der Waals surface area contributed by atoms with Gasteiger partial charge in [0, 0.05) is 29.7 Å². The molecule has 0 bridgehead atoms. The lowest BCUT2D eigenvalue weighted by molar-refractivity contribution is -0.158. The topological polar surface area (TPSA) is 83.4 Å². The minimum Gasteiger partial charge on any atom is -0.370 e. The normalized spacial score (nSPS) is 33.2. The number of nitrogens with one attached hydrogen (secondary N) is 1. The van der Waals surface area contributed by atoms with Gasteiger partial charge in [0.25, 0.3) is 0 Å². The Morgan fingerprint density at radius 1 is 1.23 bits per heavy atom. The molecule has 4 aliphatic heterocycles. The summed E-state index contributed by atoms with van der Waals surface area (Å²) in [4.78, 5) is 28.1. The SMILES string of the molecule is CC1(C)CC(=O)C2=C(C1)NC1=C(CN=N1)C21COC2(CN(C(=O)CC3CCCC3)C2)C1. The predicted octanol–water partition coefficient (Wildman–Crippen LogP) is 3.48. The number of ether oxygens (including phenoxy) is 1. The number of hydrogen-bond donors (Lipinski definition) is 1. The van der Waals surface area contributed by atoms with Crippen molar-refractivity contribution < 1.29 is 14.3 Å². The Balaban J connectivity index is 1.25. The summed E-state index contributed by atoms with van der Waals surface area (Å²) in [5, 5.41) is 12.1. The predicted molar refractivity (Wildman–Crippen MR) is 114 cm³/mol. The molecule has 31 heavy (non-hydrogen) atoms. The number of fused-ring (bicyclic) bond motifs is 2. The first kappa shape index (κ1) is 19.6. The molecule has 3 fully saturated rings. The Kier molecular flexibility index (Phi) is 4.12. The number of rotatable bonds is 2. The lowest BCUT2D eigenvalue weighted by atomic mass is 9.61. The molecule has 1 unspecified atom stereocenters. The maximum atomic E-state index is 13.4. The molecule has 2 spiro atoms. The summed E-state index contributed by atoms with van der Waals surface area (Å²) >= 11 is 0. The number of ketones is 1. The Morgan fingerprint density at radius 3 is 2.77 bits per heavy atom. The minimum atomic E-state index is -0.437. The zero-order valence-electron chi connectivity index (χ0n) is 18.6. The molecule has 1 N–H and O–H groups in total. The second-order valence-electron chi connectivity index (χ2n) is 11.5. The fourth-order valence-electron chi connectivity index (χ4n) is 6.97. The lowest BCUT2D eigenvalue weighted by Crippen LogP contribution is -2.63. The van der Waals surface area contributed by atoms with Gasteiger partial charge in [-0.15, -0.1) is 5.11 Å². The summed E-state index contributed by atoms with van der Waals surface area (Å²) in [6.45, 7) is 6.61. The van der Waals surface area contributed by atoms with Gasteiger partial charge in [0.1, 0.15) is 5.60 Å². The summed E-state index contributed by atoms with van der Waals surface area (Å²) in [6.07, 6.45) is 7.74. The number of hydrogen-bond acceptors (Lipinski definition) is 6. The molecule has 7 nitrogen and oxygen atoms in total. The molecule has 1 atom stereocenters. The van der Waals surface area contributed by atoms with Crippen molar-refractivity contribution in [2.24, 2.45) is 27.0 Å². The van der Waals surface area contributed by atoms with Gasteiger partial charge in [0.15, 0.2) is 11.6 Å². The molecule has 4 heterocycles. The number of azo groups is 1. The summed E-state index contributed by atoms with van der Waals surface area (Å²) < 4.78 is 6.45. The van der Waals surface area contributed by atoms with Crippen LogP contribution in [0, 0.1) is 16.7 Å². The van der Waals surface area contributed by atoms with E-state index in [1.54, 1.807) is 0 Å². The van der Waals surface area contributed by atoms with E-state index in [9.17, 15) is 9.59 Å². The van der Waals surface area contributed by atoms with Gasteiger partial charge in [-0.05, 0) is 37.0 Å². The number of allylic oxidation sites excluding steroid dienone is 1. The highest BCUT2D eigenvalue weighted by Crippen LogP contribution is 2.58. The molecular weight excluding hydrogens is 392 g/mol. The van der Waals surface area contributed by atoms with Crippen LogP contribution in [0.2, 0.25) is 0 Å². The largest absolute Gasteiger partial charge is 0.370 e.